The van der Waals surface area contributed by atoms with Gasteiger partial charge in [-0.1, -0.05) is 6.07 Å². The Hall–Kier alpha value is -2.28. The maximum atomic E-state index is 13.7. The van der Waals surface area contributed by atoms with Crippen molar-refractivity contribution >= 4 is 23.2 Å². The van der Waals surface area contributed by atoms with Gasteiger partial charge in [-0.15, -0.1) is 11.3 Å². The first-order valence-electron chi connectivity index (χ1n) is 8.47. The Labute approximate surface area is 154 Å². The number of aryl methyl sites for hydroxylation is 2. The van der Waals surface area contributed by atoms with E-state index in [9.17, 15) is 18.4 Å². The summed E-state index contributed by atoms with van der Waals surface area (Å²) in [5, 5.41) is 2.54. The van der Waals surface area contributed by atoms with Gasteiger partial charge in [-0.05, 0) is 50.3 Å². The van der Waals surface area contributed by atoms with Crippen LogP contribution in [0.2, 0.25) is 0 Å². The Morgan fingerprint density at radius 1 is 1.23 bits per heavy atom. The summed E-state index contributed by atoms with van der Waals surface area (Å²) in [6, 6.07) is 4.33. The summed E-state index contributed by atoms with van der Waals surface area (Å²) < 4.78 is 31.7. The average molecular weight is 379 g/mol. The van der Waals surface area contributed by atoms with Gasteiger partial charge in [0.1, 0.15) is 16.5 Å². The standard InChI is InChI=1S/C19H19F2NO3S/c1-11(14-7-6-13(20)9-15(14)21)22-18(23)10-25-19(24)17-8-12-4-2-3-5-16(12)26-17/h6-9,11H,2-5,10H2,1H3,(H,22,23)/t11-/m1/s1. The third-order valence-corrected chi connectivity index (χ3v) is 5.56. The molecular weight excluding hydrogens is 360 g/mol. The minimum atomic E-state index is -0.737. The van der Waals surface area contributed by atoms with E-state index >= 15 is 0 Å². The number of hydrogen-bond acceptors (Lipinski definition) is 4. The van der Waals surface area contributed by atoms with Gasteiger partial charge in [-0.3, -0.25) is 4.79 Å². The Bertz CT molecular complexity index is 811. The second kappa shape index (κ2) is 7.95. The quantitative estimate of drug-likeness (QED) is 0.801. The zero-order valence-electron chi connectivity index (χ0n) is 14.3. The first-order valence-corrected chi connectivity index (χ1v) is 9.28. The predicted molar refractivity (Wildman–Crippen MR) is 94.2 cm³/mol. The van der Waals surface area contributed by atoms with Crippen molar-refractivity contribution in [2.24, 2.45) is 0 Å². The molecule has 0 saturated carbocycles. The molecule has 0 bridgehead atoms. The number of amides is 1. The van der Waals surface area contributed by atoms with Crippen LogP contribution in [0, 0.1) is 11.6 Å². The topological polar surface area (TPSA) is 55.4 Å². The lowest BCUT2D eigenvalue weighted by Gasteiger charge is -2.15. The molecule has 1 aromatic heterocycles. The van der Waals surface area contributed by atoms with Gasteiger partial charge in [-0.2, -0.15) is 0 Å². The van der Waals surface area contributed by atoms with Crippen molar-refractivity contribution in [3.05, 3.63) is 56.8 Å². The van der Waals surface area contributed by atoms with E-state index in [4.69, 9.17) is 4.74 Å². The van der Waals surface area contributed by atoms with Gasteiger partial charge >= 0.3 is 5.97 Å². The number of benzene rings is 1. The zero-order chi connectivity index (χ0) is 18.7. The van der Waals surface area contributed by atoms with Crippen molar-refractivity contribution in [1.82, 2.24) is 5.32 Å². The van der Waals surface area contributed by atoms with Crippen molar-refractivity contribution in [2.45, 2.75) is 38.6 Å². The lowest BCUT2D eigenvalue weighted by molar-refractivity contribution is -0.124. The lowest BCUT2D eigenvalue weighted by Crippen LogP contribution is -2.31. The van der Waals surface area contributed by atoms with Crippen LogP contribution >= 0.6 is 11.3 Å². The molecule has 1 N–H and O–H groups in total. The molecule has 4 nitrogen and oxygen atoms in total. The average Bonchev–Trinajstić information content (AvgIpc) is 3.03. The number of fused-ring (bicyclic) bond motifs is 1. The number of rotatable bonds is 5. The first kappa shape index (κ1) is 18.5. The molecule has 0 unspecified atom stereocenters. The highest BCUT2D eigenvalue weighted by Crippen LogP contribution is 2.30. The number of halogens is 2. The van der Waals surface area contributed by atoms with E-state index in [0.717, 1.165) is 37.8 Å². The molecule has 0 fully saturated rings. The van der Waals surface area contributed by atoms with Gasteiger partial charge in [0, 0.05) is 16.5 Å². The van der Waals surface area contributed by atoms with Gasteiger partial charge < -0.3 is 10.1 Å². The number of nitrogens with one attached hydrogen (secondary N) is 1. The minimum Gasteiger partial charge on any atom is -0.451 e. The van der Waals surface area contributed by atoms with Crippen LogP contribution < -0.4 is 5.32 Å². The van der Waals surface area contributed by atoms with Crippen LogP contribution in [0.4, 0.5) is 8.78 Å². The van der Waals surface area contributed by atoms with Crippen molar-refractivity contribution in [3.8, 4) is 0 Å². The molecule has 3 rings (SSSR count). The number of esters is 1. The second-order valence-electron chi connectivity index (χ2n) is 6.30. The molecule has 1 aromatic carbocycles. The summed E-state index contributed by atoms with van der Waals surface area (Å²) in [7, 11) is 0. The van der Waals surface area contributed by atoms with Crippen LogP contribution in [-0.4, -0.2) is 18.5 Å². The Balaban J connectivity index is 1.53. The van der Waals surface area contributed by atoms with E-state index in [0.29, 0.717) is 4.88 Å². The molecule has 1 amide bonds. The van der Waals surface area contributed by atoms with Crippen molar-refractivity contribution in [2.75, 3.05) is 6.61 Å². The highest BCUT2D eigenvalue weighted by atomic mass is 32.1. The summed E-state index contributed by atoms with van der Waals surface area (Å²) in [4.78, 5) is 25.8. The van der Waals surface area contributed by atoms with Crippen LogP contribution in [0.1, 0.15) is 51.5 Å². The molecule has 1 heterocycles. The van der Waals surface area contributed by atoms with Gasteiger partial charge in [0.15, 0.2) is 6.61 Å². The Morgan fingerprint density at radius 3 is 2.73 bits per heavy atom. The van der Waals surface area contributed by atoms with Crippen LogP contribution in [0.5, 0.6) is 0 Å². The molecule has 26 heavy (non-hydrogen) atoms. The Kier molecular flexibility index (Phi) is 5.66. The molecule has 1 aliphatic rings. The maximum Gasteiger partial charge on any atom is 0.348 e. The summed E-state index contributed by atoms with van der Waals surface area (Å²) in [5.74, 6) is -2.49. The van der Waals surface area contributed by atoms with E-state index in [1.165, 1.54) is 27.8 Å². The molecule has 0 aliphatic heterocycles. The fourth-order valence-corrected chi connectivity index (χ4v) is 4.15. The lowest BCUT2D eigenvalue weighted by atomic mass is 9.99. The van der Waals surface area contributed by atoms with Crippen LogP contribution in [0.25, 0.3) is 0 Å². The normalized spacial score (nSPS) is 14.4. The summed E-state index contributed by atoms with van der Waals surface area (Å²) in [6.07, 6.45) is 4.20. The van der Waals surface area contributed by atoms with Gasteiger partial charge in [-0.25, -0.2) is 13.6 Å². The largest absolute Gasteiger partial charge is 0.451 e. The molecule has 0 spiro atoms. The number of hydrogen-bond donors (Lipinski definition) is 1. The first-order chi connectivity index (χ1) is 12.4. The van der Waals surface area contributed by atoms with E-state index < -0.39 is 36.2 Å². The van der Waals surface area contributed by atoms with Gasteiger partial charge in [0.25, 0.3) is 5.91 Å². The minimum absolute atomic E-state index is 0.164. The molecule has 0 radical (unpaired) electrons. The number of carbonyl (C=O) groups is 2. The summed E-state index contributed by atoms with van der Waals surface area (Å²) in [5.41, 5.74) is 1.36. The highest BCUT2D eigenvalue weighted by Gasteiger charge is 2.20. The van der Waals surface area contributed by atoms with Gasteiger partial charge in [0.05, 0.1) is 6.04 Å². The van der Waals surface area contributed by atoms with Crippen LogP contribution in [-0.2, 0) is 22.4 Å². The third kappa shape index (κ3) is 4.27. The maximum absolute atomic E-state index is 13.7. The highest BCUT2D eigenvalue weighted by molar-refractivity contribution is 7.14. The molecule has 0 saturated heterocycles. The molecule has 1 aliphatic carbocycles. The van der Waals surface area contributed by atoms with Crippen LogP contribution in [0.3, 0.4) is 0 Å². The number of ether oxygens (including phenoxy) is 1. The predicted octanol–water partition coefficient (Wildman–Crippen LogP) is 3.94. The molecule has 7 heteroatoms. The molecule has 2 aromatic rings. The number of thiophene rings is 1. The SMILES string of the molecule is C[C@@H](NC(=O)COC(=O)c1cc2c(s1)CCCC2)c1ccc(F)cc1F. The molecular formula is C19H19F2NO3S. The van der Waals surface area contributed by atoms with Crippen molar-refractivity contribution in [3.63, 3.8) is 0 Å². The van der Waals surface area contributed by atoms with E-state index in [1.54, 1.807) is 6.92 Å². The smallest absolute Gasteiger partial charge is 0.348 e. The van der Waals surface area contributed by atoms with Crippen molar-refractivity contribution in [1.29, 1.82) is 0 Å². The second-order valence-corrected chi connectivity index (χ2v) is 7.43. The summed E-state index contributed by atoms with van der Waals surface area (Å²) >= 11 is 1.42. The fourth-order valence-electron chi connectivity index (χ4n) is 3.01. The van der Waals surface area contributed by atoms with Gasteiger partial charge in [0.2, 0.25) is 0 Å². The van der Waals surface area contributed by atoms with E-state index in [-0.39, 0.29) is 5.56 Å². The van der Waals surface area contributed by atoms with E-state index in [2.05, 4.69) is 5.32 Å². The van der Waals surface area contributed by atoms with E-state index in [1.807, 2.05) is 6.07 Å². The summed E-state index contributed by atoms with van der Waals surface area (Å²) in [6.45, 7) is 1.12. The third-order valence-electron chi connectivity index (χ3n) is 4.34. The zero-order valence-corrected chi connectivity index (χ0v) is 15.1. The number of carbonyl (C=O) groups excluding carboxylic acids is 2. The van der Waals surface area contributed by atoms with Crippen LogP contribution in [0.15, 0.2) is 24.3 Å². The van der Waals surface area contributed by atoms with Crippen molar-refractivity contribution < 1.29 is 23.1 Å². The fraction of sp³-hybridized carbons (Fsp3) is 0.368. The monoisotopic (exact) mass is 379 g/mol. The molecule has 138 valence electrons. The molecule has 1 atom stereocenters. The Morgan fingerprint density at radius 2 is 2.00 bits per heavy atom.